The topological polar surface area (TPSA) is 61.6 Å². The van der Waals surface area contributed by atoms with Gasteiger partial charge in [-0.1, -0.05) is 0 Å². The zero-order chi connectivity index (χ0) is 12.3. The molecule has 17 heavy (non-hydrogen) atoms. The highest BCUT2D eigenvalue weighted by atomic mass is 19.2. The third kappa shape index (κ3) is 2.34. The average molecular weight is 232 g/mol. The van der Waals surface area contributed by atoms with Crippen molar-refractivity contribution < 1.29 is 8.78 Å². The summed E-state index contributed by atoms with van der Waals surface area (Å²) in [6, 6.07) is 6.68. The van der Waals surface area contributed by atoms with Gasteiger partial charge in [-0.3, -0.25) is 0 Å². The number of halogens is 2. The summed E-state index contributed by atoms with van der Waals surface area (Å²) in [4.78, 5) is 0. The first-order valence-corrected chi connectivity index (χ1v) is 4.64. The average Bonchev–Trinajstić information content (AvgIpc) is 2.34. The van der Waals surface area contributed by atoms with E-state index in [9.17, 15) is 8.78 Å². The molecule has 1 heterocycles. The van der Waals surface area contributed by atoms with E-state index in [-0.39, 0.29) is 11.4 Å². The molecule has 0 aliphatic carbocycles. The Bertz CT molecular complexity index is 592. The van der Waals surface area contributed by atoms with Crippen LogP contribution in [-0.2, 0) is 0 Å². The van der Waals surface area contributed by atoms with Crippen molar-refractivity contribution in [1.29, 1.82) is 5.26 Å². The van der Waals surface area contributed by atoms with E-state index < -0.39 is 11.6 Å². The van der Waals surface area contributed by atoms with Gasteiger partial charge in [-0.15, -0.1) is 5.10 Å². The molecule has 1 aromatic carbocycles. The maximum atomic E-state index is 12.9. The number of rotatable bonds is 2. The van der Waals surface area contributed by atoms with Crippen LogP contribution in [0.4, 0.5) is 20.3 Å². The molecule has 1 N–H and O–H groups in total. The number of aromatic nitrogens is 2. The monoisotopic (exact) mass is 232 g/mol. The van der Waals surface area contributed by atoms with E-state index in [4.69, 9.17) is 5.26 Å². The lowest BCUT2D eigenvalue weighted by Crippen LogP contribution is -1.99. The minimum atomic E-state index is -0.975. The molecule has 0 atom stereocenters. The molecule has 0 amide bonds. The van der Waals surface area contributed by atoms with Gasteiger partial charge < -0.3 is 5.32 Å². The van der Waals surface area contributed by atoms with Gasteiger partial charge in [-0.25, -0.2) is 8.78 Å². The fourth-order valence-corrected chi connectivity index (χ4v) is 1.22. The summed E-state index contributed by atoms with van der Waals surface area (Å²) in [5.74, 6) is -1.71. The van der Waals surface area contributed by atoms with E-state index in [2.05, 4.69) is 15.5 Å². The number of hydrogen-bond donors (Lipinski definition) is 1. The van der Waals surface area contributed by atoms with Gasteiger partial charge in [0, 0.05) is 11.8 Å². The smallest absolute Gasteiger partial charge is 0.171 e. The van der Waals surface area contributed by atoms with Crippen LogP contribution in [0.2, 0.25) is 0 Å². The summed E-state index contributed by atoms with van der Waals surface area (Å²) in [6.45, 7) is 0. The Labute approximate surface area is 95.5 Å². The molecule has 0 unspecified atom stereocenters. The largest absolute Gasteiger partial charge is 0.338 e. The van der Waals surface area contributed by atoms with E-state index >= 15 is 0 Å². The first-order chi connectivity index (χ1) is 8.20. The molecule has 6 heteroatoms. The Kier molecular flexibility index (Phi) is 2.92. The third-order valence-electron chi connectivity index (χ3n) is 2.02. The fourth-order valence-electron chi connectivity index (χ4n) is 1.22. The fraction of sp³-hybridized carbons (Fsp3) is 0. The molecular formula is C11H6F2N4. The summed E-state index contributed by atoms with van der Waals surface area (Å²) in [7, 11) is 0. The minimum Gasteiger partial charge on any atom is -0.338 e. The van der Waals surface area contributed by atoms with Gasteiger partial charge in [-0.2, -0.15) is 10.4 Å². The molecule has 0 saturated carbocycles. The van der Waals surface area contributed by atoms with Gasteiger partial charge in [0.1, 0.15) is 6.07 Å². The number of hydrogen-bond acceptors (Lipinski definition) is 4. The Morgan fingerprint density at radius 3 is 2.71 bits per heavy atom. The summed E-state index contributed by atoms with van der Waals surface area (Å²) in [6.07, 6.45) is 1.37. The van der Waals surface area contributed by atoms with Crippen molar-refractivity contribution >= 4 is 11.5 Å². The zero-order valence-corrected chi connectivity index (χ0v) is 8.48. The molecule has 4 nitrogen and oxygen atoms in total. The van der Waals surface area contributed by atoms with Crippen LogP contribution in [0.3, 0.4) is 0 Å². The first kappa shape index (κ1) is 11.0. The van der Waals surface area contributed by atoms with Crippen molar-refractivity contribution in [2.75, 3.05) is 5.32 Å². The standard InChI is InChI=1S/C11H6F2N4/c12-9-2-1-8(5-10(9)13)16-11-7(6-14)3-4-15-17-11/h1-5H,(H,16,17). The number of nitriles is 1. The number of anilines is 2. The molecule has 1 aromatic heterocycles. The molecular weight excluding hydrogens is 226 g/mol. The molecule has 2 rings (SSSR count). The second kappa shape index (κ2) is 4.53. The van der Waals surface area contributed by atoms with Gasteiger partial charge in [0.15, 0.2) is 17.5 Å². The highest BCUT2D eigenvalue weighted by molar-refractivity contribution is 5.61. The van der Waals surface area contributed by atoms with E-state index in [0.717, 1.165) is 12.1 Å². The van der Waals surface area contributed by atoms with E-state index in [0.29, 0.717) is 5.69 Å². The predicted molar refractivity (Wildman–Crippen MR) is 56.4 cm³/mol. The summed E-state index contributed by atoms with van der Waals surface area (Å²) in [5, 5.41) is 18.8. The van der Waals surface area contributed by atoms with Gasteiger partial charge in [0.05, 0.1) is 11.8 Å². The van der Waals surface area contributed by atoms with Crippen molar-refractivity contribution in [2.24, 2.45) is 0 Å². The van der Waals surface area contributed by atoms with Crippen molar-refractivity contribution in [1.82, 2.24) is 10.2 Å². The van der Waals surface area contributed by atoms with Crippen molar-refractivity contribution in [2.45, 2.75) is 0 Å². The van der Waals surface area contributed by atoms with Gasteiger partial charge in [0.2, 0.25) is 0 Å². The number of nitrogens with zero attached hydrogens (tertiary/aromatic N) is 3. The van der Waals surface area contributed by atoms with Crippen LogP contribution in [0, 0.1) is 23.0 Å². The number of nitrogens with one attached hydrogen (secondary N) is 1. The minimum absolute atomic E-state index is 0.195. The lowest BCUT2D eigenvalue weighted by Gasteiger charge is -2.05. The van der Waals surface area contributed by atoms with Crippen LogP contribution in [0.25, 0.3) is 0 Å². The van der Waals surface area contributed by atoms with Crippen LogP contribution in [-0.4, -0.2) is 10.2 Å². The Balaban J connectivity index is 2.32. The molecule has 0 aliphatic rings. The maximum Gasteiger partial charge on any atom is 0.171 e. The van der Waals surface area contributed by atoms with E-state index in [1.807, 2.05) is 6.07 Å². The molecule has 0 radical (unpaired) electrons. The summed E-state index contributed by atoms with van der Waals surface area (Å²) >= 11 is 0. The van der Waals surface area contributed by atoms with Crippen LogP contribution in [0.1, 0.15) is 5.56 Å². The van der Waals surface area contributed by atoms with Gasteiger partial charge in [-0.05, 0) is 18.2 Å². The normalized spacial score (nSPS) is 9.71. The van der Waals surface area contributed by atoms with Crippen molar-refractivity contribution in [3.8, 4) is 6.07 Å². The van der Waals surface area contributed by atoms with E-state index in [1.54, 1.807) is 0 Å². The van der Waals surface area contributed by atoms with Gasteiger partial charge in [0.25, 0.3) is 0 Å². The van der Waals surface area contributed by atoms with Crippen LogP contribution in [0.15, 0.2) is 30.5 Å². The summed E-state index contributed by atoms with van der Waals surface area (Å²) in [5.41, 5.74) is 0.561. The zero-order valence-electron chi connectivity index (χ0n) is 8.48. The molecule has 0 bridgehead atoms. The van der Waals surface area contributed by atoms with Crippen molar-refractivity contribution in [3.63, 3.8) is 0 Å². The van der Waals surface area contributed by atoms with Crippen LogP contribution >= 0.6 is 0 Å². The molecule has 0 spiro atoms. The molecule has 2 aromatic rings. The molecule has 0 aliphatic heterocycles. The maximum absolute atomic E-state index is 12.9. The highest BCUT2D eigenvalue weighted by Gasteiger charge is 2.06. The highest BCUT2D eigenvalue weighted by Crippen LogP contribution is 2.19. The molecule has 84 valence electrons. The van der Waals surface area contributed by atoms with E-state index in [1.165, 1.54) is 18.3 Å². The van der Waals surface area contributed by atoms with Gasteiger partial charge >= 0.3 is 0 Å². The Hall–Kier alpha value is -2.55. The van der Waals surface area contributed by atoms with Crippen LogP contribution < -0.4 is 5.32 Å². The third-order valence-corrected chi connectivity index (χ3v) is 2.02. The lowest BCUT2D eigenvalue weighted by molar-refractivity contribution is 0.509. The van der Waals surface area contributed by atoms with Crippen molar-refractivity contribution in [3.05, 3.63) is 47.7 Å². The lowest BCUT2D eigenvalue weighted by atomic mass is 10.2. The second-order valence-corrected chi connectivity index (χ2v) is 3.16. The molecule has 0 fully saturated rings. The first-order valence-electron chi connectivity index (χ1n) is 4.64. The quantitative estimate of drug-likeness (QED) is 0.863. The Morgan fingerprint density at radius 2 is 2.00 bits per heavy atom. The predicted octanol–water partition coefficient (Wildman–Crippen LogP) is 2.37. The second-order valence-electron chi connectivity index (χ2n) is 3.16. The molecule has 0 saturated heterocycles. The SMILES string of the molecule is N#Cc1ccnnc1Nc1ccc(F)c(F)c1. The number of benzene rings is 1. The van der Waals surface area contributed by atoms with Crippen LogP contribution in [0.5, 0.6) is 0 Å². The summed E-state index contributed by atoms with van der Waals surface area (Å²) < 4.78 is 25.6. The Morgan fingerprint density at radius 1 is 1.18 bits per heavy atom.